The quantitative estimate of drug-likeness (QED) is 0.561. The molecule has 0 aliphatic carbocycles. The highest BCUT2D eigenvalue weighted by atomic mass is 16.7. The lowest BCUT2D eigenvalue weighted by Crippen LogP contribution is -2.07. The van der Waals surface area contributed by atoms with Gasteiger partial charge in [0.15, 0.2) is 12.6 Å². The van der Waals surface area contributed by atoms with Crippen LogP contribution in [0.25, 0.3) is 0 Å². The van der Waals surface area contributed by atoms with E-state index in [1.165, 1.54) is 0 Å². The highest BCUT2D eigenvalue weighted by Crippen LogP contribution is 2.09. The molecule has 2 aliphatic heterocycles. The van der Waals surface area contributed by atoms with Crippen LogP contribution < -0.4 is 0 Å². The van der Waals surface area contributed by atoms with Crippen LogP contribution in [0.1, 0.15) is 0 Å². The highest BCUT2D eigenvalue weighted by Gasteiger charge is 2.15. The largest absolute Gasteiger partial charge is 0.347 e. The molecule has 0 unspecified atom stereocenters. The van der Waals surface area contributed by atoms with E-state index >= 15 is 0 Å². The predicted molar refractivity (Wildman–Crippen MR) is 40.5 cm³/mol. The molecule has 2 aliphatic rings. The first kappa shape index (κ1) is 8.19. The molecule has 0 amide bonds. The molecule has 2 heterocycles. The summed E-state index contributed by atoms with van der Waals surface area (Å²) in [6, 6.07) is 0. The van der Waals surface area contributed by atoms with Gasteiger partial charge >= 0.3 is 0 Å². The predicted octanol–water partition coefficient (Wildman–Crippen LogP) is 0.288. The second-order valence-corrected chi connectivity index (χ2v) is 2.60. The van der Waals surface area contributed by atoms with Crippen molar-refractivity contribution < 1.29 is 18.9 Å². The van der Waals surface area contributed by atoms with E-state index in [1.807, 2.05) is 12.2 Å². The Labute approximate surface area is 71.0 Å². The van der Waals surface area contributed by atoms with Gasteiger partial charge in [0.2, 0.25) is 0 Å². The van der Waals surface area contributed by atoms with Crippen molar-refractivity contribution in [2.75, 3.05) is 26.4 Å². The summed E-state index contributed by atoms with van der Waals surface area (Å²) in [5.41, 5.74) is 0. The Morgan fingerprint density at radius 3 is 1.33 bits per heavy atom. The van der Waals surface area contributed by atoms with Crippen LogP contribution in [0, 0.1) is 0 Å². The van der Waals surface area contributed by atoms with Crippen LogP contribution in [0.3, 0.4) is 0 Å². The Balaban J connectivity index is 1.75. The zero-order chi connectivity index (χ0) is 8.23. The van der Waals surface area contributed by atoms with E-state index in [2.05, 4.69) is 0 Å². The topological polar surface area (TPSA) is 36.9 Å². The van der Waals surface area contributed by atoms with Crippen molar-refractivity contribution in [3.8, 4) is 0 Å². The van der Waals surface area contributed by atoms with Gasteiger partial charge in [-0.25, -0.2) is 0 Å². The molecule has 0 spiro atoms. The zero-order valence-electron chi connectivity index (χ0n) is 6.77. The molecule has 4 heteroatoms. The highest BCUT2D eigenvalue weighted by molar-refractivity contribution is 4.90. The first-order chi connectivity index (χ1) is 5.95. The van der Waals surface area contributed by atoms with Gasteiger partial charge in [-0.05, 0) is 12.2 Å². The van der Waals surface area contributed by atoms with E-state index in [0.29, 0.717) is 26.4 Å². The van der Waals surface area contributed by atoms with Crippen molar-refractivity contribution in [3.63, 3.8) is 0 Å². The smallest absolute Gasteiger partial charge is 0.177 e. The van der Waals surface area contributed by atoms with E-state index < -0.39 is 0 Å². The Morgan fingerprint density at radius 1 is 0.667 bits per heavy atom. The molecule has 12 heavy (non-hydrogen) atoms. The van der Waals surface area contributed by atoms with Gasteiger partial charge in [0.25, 0.3) is 0 Å². The zero-order valence-corrected chi connectivity index (χ0v) is 6.77. The maximum absolute atomic E-state index is 5.19. The van der Waals surface area contributed by atoms with Gasteiger partial charge in [-0.15, -0.1) is 0 Å². The molecule has 0 aromatic carbocycles. The molecular weight excluding hydrogens is 160 g/mol. The van der Waals surface area contributed by atoms with E-state index in [0.717, 1.165) is 0 Å². The van der Waals surface area contributed by atoms with Gasteiger partial charge in [0.1, 0.15) is 0 Å². The first-order valence-electron chi connectivity index (χ1n) is 4.10. The minimum absolute atomic E-state index is 0.210. The monoisotopic (exact) mass is 172 g/mol. The SMILES string of the molecule is C(=C\C1OCCO1)/C1OCCO1. The average Bonchev–Trinajstić information content (AvgIpc) is 2.74. The molecular formula is C8H12O4. The van der Waals surface area contributed by atoms with Crippen LogP contribution in [0.15, 0.2) is 12.2 Å². The lowest BCUT2D eigenvalue weighted by Gasteiger charge is -2.04. The van der Waals surface area contributed by atoms with E-state index in [4.69, 9.17) is 18.9 Å². The molecule has 0 N–H and O–H groups in total. The molecule has 4 nitrogen and oxygen atoms in total. The molecule has 0 radical (unpaired) electrons. The van der Waals surface area contributed by atoms with Gasteiger partial charge in [-0.3, -0.25) is 0 Å². The summed E-state index contributed by atoms with van der Waals surface area (Å²) in [6.07, 6.45) is 3.22. The summed E-state index contributed by atoms with van der Waals surface area (Å²) in [5, 5.41) is 0. The number of hydrogen-bond donors (Lipinski definition) is 0. The Hall–Kier alpha value is -0.420. The van der Waals surface area contributed by atoms with Crippen LogP contribution in [0.2, 0.25) is 0 Å². The third-order valence-corrected chi connectivity index (χ3v) is 1.72. The molecule has 0 atom stereocenters. The van der Waals surface area contributed by atoms with Crippen LogP contribution in [0.5, 0.6) is 0 Å². The van der Waals surface area contributed by atoms with Gasteiger partial charge in [0, 0.05) is 0 Å². The van der Waals surface area contributed by atoms with E-state index in [1.54, 1.807) is 0 Å². The standard InChI is InChI=1S/C8H12O4/c1(7-9-3-4-10-7)2-8-11-5-6-12-8/h1-2,7-8H,3-6H2/b2-1+. The third kappa shape index (κ3) is 2.04. The van der Waals surface area contributed by atoms with Crippen molar-refractivity contribution in [1.82, 2.24) is 0 Å². The van der Waals surface area contributed by atoms with Gasteiger partial charge in [-0.1, -0.05) is 0 Å². The van der Waals surface area contributed by atoms with Crippen LogP contribution in [-0.4, -0.2) is 39.0 Å². The molecule has 0 bridgehead atoms. The van der Waals surface area contributed by atoms with E-state index in [9.17, 15) is 0 Å². The van der Waals surface area contributed by atoms with E-state index in [-0.39, 0.29) is 12.6 Å². The third-order valence-electron chi connectivity index (χ3n) is 1.72. The lowest BCUT2D eigenvalue weighted by molar-refractivity contribution is -0.0155. The van der Waals surface area contributed by atoms with Crippen molar-refractivity contribution in [2.45, 2.75) is 12.6 Å². The van der Waals surface area contributed by atoms with Crippen LogP contribution >= 0.6 is 0 Å². The second-order valence-electron chi connectivity index (χ2n) is 2.60. The Bertz CT molecular complexity index is 138. The molecule has 0 aromatic rings. The van der Waals surface area contributed by atoms with Gasteiger partial charge in [0.05, 0.1) is 26.4 Å². The van der Waals surface area contributed by atoms with Crippen LogP contribution in [0.4, 0.5) is 0 Å². The molecule has 2 fully saturated rings. The fourth-order valence-electron chi connectivity index (χ4n) is 1.16. The Kier molecular flexibility index (Phi) is 2.73. The maximum atomic E-state index is 5.19. The summed E-state index contributed by atoms with van der Waals surface area (Å²) in [7, 11) is 0. The minimum Gasteiger partial charge on any atom is -0.347 e. The summed E-state index contributed by atoms with van der Waals surface area (Å²) >= 11 is 0. The summed E-state index contributed by atoms with van der Waals surface area (Å²) in [4.78, 5) is 0. The van der Waals surface area contributed by atoms with Crippen molar-refractivity contribution in [3.05, 3.63) is 12.2 Å². The summed E-state index contributed by atoms with van der Waals surface area (Å²) < 4.78 is 20.8. The molecule has 2 saturated heterocycles. The fraction of sp³-hybridized carbons (Fsp3) is 0.750. The Morgan fingerprint density at radius 2 is 1.00 bits per heavy atom. The molecule has 68 valence electrons. The lowest BCUT2D eigenvalue weighted by atomic mass is 10.5. The summed E-state index contributed by atoms with van der Waals surface area (Å²) in [6.45, 7) is 2.67. The minimum atomic E-state index is -0.210. The molecule has 2 rings (SSSR count). The van der Waals surface area contributed by atoms with Crippen molar-refractivity contribution >= 4 is 0 Å². The number of rotatable bonds is 2. The van der Waals surface area contributed by atoms with Crippen molar-refractivity contribution in [1.29, 1.82) is 0 Å². The summed E-state index contributed by atoms with van der Waals surface area (Å²) in [5.74, 6) is 0. The fourth-order valence-corrected chi connectivity index (χ4v) is 1.16. The van der Waals surface area contributed by atoms with Gasteiger partial charge in [-0.2, -0.15) is 0 Å². The first-order valence-corrected chi connectivity index (χ1v) is 4.10. The van der Waals surface area contributed by atoms with Crippen LogP contribution in [-0.2, 0) is 18.9 Å². The molecule has 0 saturated carbocycles. The maximum Gasteiger partial charge on any atom is 0.177 e. The second kappa shape index (κ2) is 4.00. The van der Waals surface area contributed by atoms with Gasteiger partial charge < -0.3 is 18.9 Å². The normalized spacial score (nSPS) is 27.7. The van der Waals surface area contributed by atoms with Crippen molar-refractivity contribution in [2.24, 2.45) is 0 Å². The number of hydrogen-bond acceptors (Lipinski definition) is 4. The molecule has 0 aromatic heterocycles. The average molecular weight is 172 g/mol. The number of ether oxygens (including phenoxy) is 4.